The summed E-state index contributed by atoms with van der Waals surface area (Å²) in [4.78, 5) is 0. The second-order valence-electron chi connectivity index (χ2n) is 3.14. The topological polar surface area (TPSA) is 46.2 Å². The third kappa shape index (κ3) is 2.10. The van der Waals surface area contributed by atoms with Crippen LogP contribution in [0.4, 0.5) is 0 Å². The summed E-state index contributed by atoms with van der Waals surface area (Å²) in [6.45, 7) is 5.48. The van der Waals surface area contributed by atoms with Crippen LogP contribution in [0.1, 0.15) is 23.6 Å². The molecule has 0 radical (unpaired) electrons. The fraction of sp³-hybridized carbons (Fsp3) is 0.273. The number of hydrogen-bond acceptors (Lipinski definition) is 2. The fourth-order valence-electron chi connectivity index (χ4n) is 1.29. The van der Waals surface area contributed by atoms with E-state index in [0.717, 1.165) is 11.1 Å². The maximum atomic E-state index is 9.68. The Kier molecular flexibility index (Phi) is 3.09. The lowest BCUT2D eigenvalue weighted by molar-refractivity contribution is 0.457. The molecule has 0 spiro atoms. The van der Waals surface area contributed by atoms with Crippen LogP contribution >= 0.6 is 0 Å². The van der Waals surface area contributed by atoms with Crippen molar-refractivity contribution in [1.82, 2.24) is 0 Å². The average Bonchev–Trinajstić information content (AvgIpc) is 2.10. The van der Waals surface area contributed by atoms with Gasteiger partial charge >= 0.3 is 0 Å². The molecule has 0 bridgehead atoms. The van der Waals surface area contributed by atoms with Crippen molar-refractivity contribution in [3.8, 4) is 5.75 Å². The minimum atomic E-state index is -0.155. The van der Waals surface area contributed by atoms with Crippen molar-refractivity contribution in [3.05, 3.63) is 42.0 Å². The Bertz CT molecular complexity index is 307. The molecule has 2 nitrogen and oxygen atoms in total. The Morgan fingerprint density at radius 3 is 2.92 bits per heavy atom. The van der Waals surface area contributed by atoms with Crippen molar-refractivity contribution in [2.75, 3.05) is 0 Å². The van der Waals surface area contributed by atoms with Crippen LogP contribution in [0.5, 0.6) is 5.75 Å². The maximum Gasteiger partial charge on any atom is 0.123 e. The highest BCUT2D eigenvalue weighted by Crippen LogP contribution is 2.27. The highest BCUT2D eigenvalue weighted by atomic mass is 16.3. The van der Waals surface area contributed by atoms with E-state index in [1.807, 2.05) is 25.1 Å². The van der Waals surface area contributed by atoms with E-state index in [1.165, 1.54) is 0 Å². The third-order valence-corrected chi connectivity index (χ3v) is 2.09. The lowest BCUT2D eigenvalue weighted by Gasteiger charge is -2.12. The zero-order chi connectivity index (χ0) is 9.84. The van der Waals surface area contributed by atoms with Gasteiger partial charge in [0.2, 0.25) is 0 Å². The van der Waals surface area contributed by atoms with E-state index in [-0.39, 0.29) is 6.04 Å². The Morgan fingerprint density at radius 2 is 2.31 bits per heavy atom. The molecule has 0 saturated carbocycles. The quantitative estimate of drug-likeness (QED) is 0.696. The van der Waals surface area contributed by atoms with Gasteiger partial charge in [0.1, 0.15) is 5.75 Å². The molecule has 70 valence electrons. The molecule has 1 aromatic rings. The van der Waals surface area contributed by atoms with Gasteiger partial charge in [-0.25, -0.2) is 0 Å². The number of nitrogens with two attached hydrogens (primary N) is 1. The Morgan fingerprint density at radius 1 is 1.62 bits per heavy atom. The minimum Gasteiger partial charge on any atom is -0.507 e. The van der Waals surface area contributed by atoms with E-state index in [0.29, 0.717) is 12.2 Å². The van der Waals surface area contributed by atoms with Gasteiger partial charge in [-0.2, -0.15) is 0 Å². The van der Waals surface area contributed by atoms with Crippen LogP contribution in [0, 0.1) is 6.92 Å². The van der Waals surface area contributed by atoms with E-state index < -0.39 is 0 Å². The van der Waals surface area contributed by atoms with Gasteiger partial charge in [0.05, 0.1) is 0 Å². The first-order valence-electron chi connectivity index (χ1n) is 4.31. The number of benzene rings is 1. The van der Waals surface area contributed by atoms with Gasteiger partial charge in [0.15, 0.2) is 0 Å². The average molecular weight is 177 g/mol. The second-order valence-corrected chi connectivity index (χ2v) is 3.14. The van der Waals surface area contributed by atoms with E-state index in [4.69, 9.17) is 5.73 Å². The zero-order valence-corrected chi connectivity index (χ0v) is 7.83. The standard InChI is InChI=1S/C11H15NO/c1-3-5-10(12)9-7-4-6-8(2)11(9)13/h3-4,6-7,10,13H,1,5,12H2,2H3/t10-/m0/s1. The van der Waals surface area contributed by atoms with Crippen LogP contribution in [0.15, 0.2) is 30.9 Å². The summed E-state index contributed by atoms with van der Waals surface area (Å²) in [6.07, 6.45) is 2.43. The first-order chi connectivity index (χ1) is 6.16. The third-order valence-electron chi connectivity index (χ3n) is 2.09. The molecule has 0 aliphatic heterocycles. The van der Waals surface area contributed by atoms with Gasteiger partial charge in [-0.3, -0.25) is 0 Å². The fourth-order valence-corrected chi connectivity index (χ4v) is 1.29. The van der Waals surface area contributed by atoms with Crippen molar-refractivity contribution >= 4 is 0 Å². The second kappa shape index (κ2) is 4.10. The smallest absolute Gasteiger partial charge is 0.123 e. The lowest BCUT2D eigenvalue weighted by atomic mass is 10.0. The van der Waals surface area contributed by atoms with Crippen LogP contribution in [0.3, 0.4) is 0 Å². The Balaban J connectivity index is 3.00. The highest BCUT2D eigenvalue weighted by molar-refractivity contribution is 5.41. The summed E-state index contributed by atoms with van der Waals surface area (Å²) in [5.41, 5.74) is 7.49. The largest absolute Gasteiger partial charge is 0.507 e. The molecule has 3 N–H and O–H groups in total. The summed E-state index contributed by atoms with van der Waals surface area (Å²) in [7, 11) is 0. The van der Waals surface area contributed by atoms with Gasteiger partial charge in [-0.1, -0.05) is 24.3 Å². The Labute approximate surface area is 78.7 Å². The summed E-state index contributed by atoms with van der Waals surface area (Å²) >= 11 is 0. The number of para-hydroxylation sites is 1. The van der Waals surface area contributed by atoms with Crippen molar-refractivity contribution < 1.29 is 5.11 Å². The van der Waals surface area contributed by atoms with Crippen LogP contribution in [0.25, 0.3) is 0 Å². The number of phenolic OH excluding ortho intramolecular Hbond substituents is 1. The zero-order valence-electron chi connectivity index (χ0n) is 7.83. The van der Waals surface area contributed by atoms with Crippen LogP contribution < -0.4 is 5.73 Å². The first-order valence-corrected chi connectivity index (χ1v) is 4.31. The van der Waals surface area contributed by atoms with Crippen molar-refractivity contribution in [3.63, 3.8) is 0 Å². The monoisotopic (exact) mass is 177 g/mol. The molecule has 0 saturated heterocycles. The number of hydrogen-bond donors (Lipinski definition) is 2. The van der Waals surface area contributed by atoms with E-state index in [1.54, 1.807) is 6.08 Å². The molecule has 2 heteroatoms. The highest BCUT2D eigenvalue weighted by Gasteiger charge is 2.09. The predicted molar refractivity (Wildman–Crippen MR) is 54.6 cm³/mol. The summed E-state index contributed by atoms with van der Waals surface area (Å²) in [5.74, 6) is 0.303. The first kappa shape index (κ1) is 9.81. The number of aromatic hydroxyl groups is 1. The predicted octanol–water partition coefficient (Wildman–Crippen LogP) is 2.28. The molecule has 0 aliphatic rings. The molecular weight excluding hydrogens is 162 g/mol. The number of aryl methyl sites for hydroxylation is 1. The van der Waals surface area contributed by atoms with Crippen LogP contribution in [-0.2, 0) is 0 Å². The summed E-state index contributed by atoms with van der Waals surface area (Å²) < 4.78 is 0. The molecule has 0 unspecified atom stereocenters. The van der Waals surface area contributed by atoms with Crippen molar-refractivity contribution in [2.24, 2.45) is 5.73 Å². The molecular formula is C11H15NO. The molecule has 0 aliphatic carbocycles. The van der Waals surface area contributed by atoms with Gasteiger partial charge < -0.3 is 10.8 Å². The van der Waals surface area contributed by atoms with Gasteiger partial charge in [0, 0.05) is 11.6 Å². The molecule has 0 amide bonds. The molecule has 13 heavy (non-hydrogen) atoms. The lowest BCUT2D eigenvalue weighted by Crippen LogP contribution is -2.09. The SMILES string of the molecule is C=CC[C@H](N)c1cccc(C)c1O. The van der Waals surface area contributed by atoms with Crippen molar-refractivity contribution in [1.29, 1.82) is 0 Å². The van der Waals surface area contributed by atoms with Gasteiger partial charge in [-0.05, 0) is 18.9 Å². The normalized spacial score (nSPS) is 12.5. The van der Waals surface area contributed by atoms with E-state index in [9.17, 15) is 5.11 Å². The molecule has 0 aromatic heterocycles. The van der Waals surface area contributed by atoms with E-state index in [2.05, 4.69) is 6.58 Å². The maximum absolute atomic E-state index is 9.68. The van der Waals surface area contributed by atoms with Crippen molar-refractivity contribution in [2.45, 2.75) is 19.4 Å². The Hall–Kier alpha value is -1.28. The van der Waals surface area contributed by atoms with Crippen LogP contribution in [-0.4, -0.2) is 5.11 Å². The molecule has 0 heterocycles. The minimum absolute atomic E-state index is 0.155. The molecule has 1 aromatic carbocycles. The summed E-state index contributed by atoms with van der Waals surface area (Å²) in [5, 5.41) is 9.68. The van der Waals surface area contributed by atoms with E-state index >= 15 is 0 Å². The molecule has 0 fully saturated rings. The van der Waals surface area contributed by atoms with Crippen LogP contribution in [0.2, 0.25) is 0 Å². The number of phenols is 1. The molecule has 1 rings (SSSR count). The van der Waals surface area contributed by atoms with Gasteiger partial charge in [0.25, 0.3) is 0 Å². The van der Waals surface area contributed by atoms with Gasteiger partial charge in [-0.15, -0.1) is 6.58 Å². The molecule has 1 atom stereocenters. The number of rotatable bonds is 3. The summed E-state index contributed by atoms with van der Waals surface area (Å²) in [6, 6.07) is 5.45.